The predicted molar refractivity (Wildman–Crippen MR) is 88.3 cm³/mol. The first kappa shape index (κ1) is 15.6. The largest absolute Gasteiger partial charge is 0.493 e. The van der Waals surface area contributed by atoms with E-state index in [2.05, 4.69) is 5.32 Å². The molecule has 1 aliphatic heterocycles. The number of amides is 2. The summed E-state index contributed by atoms with van der Waals surface area (Å²) < 4.78 is 5.57. The fourth-order valence-electron chi connectivity index (χ4n) is 2.58. The fraction of sp³-hybridized carbons (Fsp3) is 0.294. The summed E-state index contributed by atoms with van der Waals surface area (Å²) in [6.45, 7) is 1.32. The van der Waals surface area contributed by atoms with Gasteiger partial charge in [-0.05, 0) is 23.6 Å². The topological polar surface area (TPSA) is 58.6 Å². The minimum Gasteiger partial charge on any atom is -0.493 e. The summed E-state index contributed by atoms with van der Waals surface area (Å²) in [5.41, 5.74) is 0. The van der Waals surface area contributed by atoms with E-state index in [-0.39, 0.29) is 18.2 Å². The van der Waals surface area contributed by atoms with Crippen LogP contribution in [0.1, 0.15) is 17.3 Å². The number of nitrogens with one attached hydrogen (secondary N) is 1. The summed E-state index contributed by atoms with van der Waals surface area (Å²) in [6, 6.07) is 12.7. The second-order valence-corrected chi connectivity index (χ2v) is 6.19. The number of para-hydroxylation sites is 1. The average molecular weight is 330 g/mol. The molecule has 1 saturated heterocycles. The van der Waals surface area contributed by atoms with Gasteiger partial charge in [-0.25, -0.2) is 0 Å². The Morgan fingerprint density at radius 2 is 2.09 bits per heavy atom. The molecule has 0 saturated carbocycles. The molecule has 1 aliphatic rings. The Balaban J connectivity index is 1.61. The fourth-order valence-corrected chi connectivity index (χ4v) is 3.42. The number of nitrogens with zero attached hydrogens (tertiary/aromatic N) is 1. The van der Waals surface area contributed by atoms with Crippen molar-refractivity contribution in [2.75, 3.05) is 19.7 Å². The van der Waals surface area contributed by atoms with Crippen molar-refractivity contribution in [3.63, 3.8) is 0 Å². The van der Waals surface area contributed by atoms with Crippen LogP contribution >= 0.6 is 11.3 Å². The van der Waals surface area contributed by atoms with Crippen LogP contribution in [0.15, 0.2) is 47.8 Å². The summed E-state index contributed by atoms with van der Waals surface area (Å²) in [5.74, 6) is 0.566. The van der Waals surface area contributed by atoms with Crippen molar-refractivity contribution in [2.24, 2.45) is 0 Å². The van der Waals surface area contributed by atoms with E-state index in [9.17, 15) is 9.59 Å². The minimum absolute atomic E-state index is 0.0609. The molecule has 3 rings (SSSR count). The van der Waals surface area contributed by atoms with E-state index >= 15 is 0 Å². The van der Waals surface area contributed by atoms with Gasteiger partial charge in [0.2, 0.25) is 11.8 Å². The van der Waals surface area contributed by atoms with Crippen molar-refractivity contribution >= 4 is 23.2 Å². The number of hydrogen-bond acceptors (Lipinski definition) is 4. The van der Waals surface area contributed by atoms with Crippen molar-refractivity contribution in [3.8, 4) is 5.75 Å². The lowest BCUT2D eigenvalue weighted by Crippen LogP contribution is -2.52. The monoisotopic (exact) mass is 330 g/mol. The van der Waals surface area contributed by atoms with Gasteiger partial charge in [-0.2, -0.15) is 0 Å². The molecular formula is C17H18N2O3S. The Morgan fingerprint density at radius 3 is 2.83 bits per heavy atom. The molecular weight excluding hydrogens is 312 g/mol. The van der Waals surface area contributed by atoms with Crippen molar-refractivity contribution in [1.29, 1.82) is 0 Å². The zero-order valence-corrected chi connectivity index (χ0v) is 13.4. The molecule has 0 bridgehead atoms. The summed E-state index contributed by atoms with van der Waals surface area (Å²) >= 11 is 1.49. The highest BCUT2D eigenvalue weighted by Crippen LogP contribution is 2.27. The highest BCUT2D eigenvalue weighted by atomic mass is 32.1. The number of thiophene rings is 1. The average Bonchev–Trinajstić information content (AvgIpc) is 3.09. The van der Waals surface area contributed by atoms with E-state index < -0.39 is 6.04 Å². The maximum atomic E-state index is 12.5. The van der Waals surface area contributed by atoms with Crippen LogP contribution in [-0.2, 0) is 9.59 Å². The number of piperazine rings is 1. The maximum Gasteiger partial charge on any atom is 0.248 e. The van der Waals surface area contributed by atoms with Gasteiger partial charge in [-0.15, -0.1) is 11.3 Å². The van der Waals surface area contributed by atoms with Gasteiger partial charge < -0.3 is 15.0 Å². The molecule has 0 spiro atoms. The van der Waals surface area contributed by atoms with Crippen LogP contribution in [0.3, 0.4) is 0 Å². The van der Waals surface area contributed by atoms with Crippen LogP contribution in [-0.4, -0.2) is 36.4 Å². The molecule has 6 heteroatoms. The molecule has 1 aromatic carbocycles. The van der Waals surface area contributed by atoms with Crippen LogP contribution in [0.25, 0.3) is 0 Å². The zero-order valence-electron chi connectivity index (χ0n) is 12.6. The van der Waals surface area contributed by atoms with Crippen molar-refractivity contribution < 1.29 is 14.3 Å². The lowest BCUT2D eigenvalue weighted by atomic mass is 10.1. The smallest absolute Gasteiger partial charge is 0.248 e. The van der Waals surface area contributed by atoms with Crippen molar-refractivity contribution in [1.82, 2.24) is 10.2 Å². The van der Waals surface area contributed by atoms with Crippen LogP contribution in [0.2, 0.25) is 0 Å². The molecule has 1 aromatic heterocycles. The Hall–Kier alpha value is -2.34. The summed E-state index contributed by atoms with van der Waals surface area (Å²) in [6.07, 6.45) is 0.254. The quantitative estimate of drug-likeness (QED) is 0.914. The number of benzene rings is 1. The number of carbonyl (C=O) groups is 2. The highest BCUT2D eigenvalue weighted by molar-refractivity contribution is 7.10. The SMILES string of the molecule is O=C1NCCN(C(=O)CCOc2ccccc2)[C@H]1c1cccs1. The van der Waals surface area contributed by atoms with Gasteiger partial charge in [0.1, 0.15) is 11.8 Å². The van der Waals surface area contributed by atoms with E-state index in [4.69, 9.17) is 4.74 Å². The van der Waals surface area contributed by atoms with Gasteiger partial charge in [0, 0.05) is 18.0 Å². The van der Waals surface area contributed by atoms with E-state index in [1.165, 1.54) is 11.3 Å². The third-order valence-corrected chi connectivity index (χ3v) is 4.60. The molecule has 23 heavy (non-hydrogen) atoms. The van der Waals surface area contributed by atoms with Gasteiger partial charge in [0.05, 0.1) is 13.0 Å². The normalized spacial score (nSPS) is 17.7. The van der Waals surface area contributed by atoms with Crippen LogP contribution in [0.5, 0.6) is 5.75 Å². The van der Waals surface area contributed by atoms with Gasteiger partial charge >= 0.3 is 0 Å². The Kier molecular flexibility index (Phi) is 4.92. The molecule has 0 unspecified atom stereocenters. The third-order valence-electron chi connectivity index (χ3n) is 3.67. The third kappa shape index (κ3) is 3.71. The van der Waals surface area contributed by atoms with Crippen LogP contribution in [0.4, 0.5) is 0 Å². The Bertz CT molecular complexity index is 658. The zero-order chi connectivity index (χ0) is 16.1. The summed E-state index contributed by atoms with van der Waals surface area (Å²) in [4.78, 5) is 27.2. The predicted octanol–water partition coefficient (Wildman–Crippen LogP) is 2.22. The number of hydrogen-bond donors (Lipinski definition) is 1. The van der Waals surface area contributed by atoms with E-state index in [1.807, 2.05) is 47.8 Å². The van der Waals surface area contributed by atoms with E-state index in [0.717, 1.165) is 10.6 Å². The minimum atomic E-state index is -0.520. The van der Waals surface area contributed by atoms with Gasteiger partial charge in [0.25, 0.3) is 0 Å². The molecule has 0 aliphatic carbocycles. The molecule has 120 valence electrons. The molecule has 2 heterocycles. The van der Waals surface area contributed by atoms with Gasteiger partial charge in [-0.3, -0.25) is 9.59 Å². The molecule has 1 N–H and O–H groups in total. The number of carbonyl (C=O) groups excluding carboxylic acids is 2. The molecule has 1 fully saturated rings. The molecule has 1 atom stereocenters. The highest BCUT2D eigenvalue weighted by Gasteiger charge is 2.34. The maximum absolute atomic E-state index is 12.5. The summed E-state index contributed by atoms with van der Waals surface area (Å²) in [5, 5.41) is 4.74. The van der Waals surface area contributed by atoms with E-state index in [1.54, 1.807) is 4.90 Å². The first-order valence-corrected chi connectivity index (χ1v) is 8.42. The van der Waals surface area contributed by atoms with Crippen molar-refractivity contribution in [3.05, 3.63) is 52.7 Å². The second-order valence-electron chi connectivity index (χ2n) is 5.21. The molecule has 2 amide bonds. The standard InChI is InChI=1S/C17H18N2O3S/c20-15(8-11-22-13-5-2-1-3-6-13)19-10-9-18-17(21)16(19)14-7-4-12-23-14/h1-7,12,16H,8-11H2,(H,18,21)/t16-/m0/s1. The molecule has 2 aromatic rings. The first-order valence-electron chi connectivity index (χ1n) is 7.54. The Morgan fingerprint density at radius 1 is 1.26 bits per heavy atom. The van der Waals surface area contributed by atoms with Gasteiger partial charge in [0.15, 0.2) is 0 Å². The Labute approximate surface area is 138 Å². The number of ether oxygens (including phenoxy) is 1. The number of rotatable bonds is 5. The van der Waals surface area contributed by atoms with E-state index in [0.29, 0.717) is 19.7 Å². The molecule has 5 nitrogen and oxygen atoms in total. The van der Waals surface area contributed by atoms with Crippen molar-refractivity contribution in [2.45, 2.75) is 12.5 Å². The lowest BCUT2D eigenvalue weighted by Gasteiger charge is -2.34. The summed E-state index contributed by atoms with van der Waals surface area (Å²) in [7, 11) is 0. The van der Waals surface area contributed by atoms with Gasteiger partial charge in [-0.1, -0.05) is 24.3 Å². The van der Waals surface area contributed by atoms with Crippen LogP contribution in [0, 0.1) is 0 Å². The van der Waals surface area contributed by atoms with Crippen LogP contribution < -0.4 is 10.1 Å². The first-order chi connectivity index (χ1) is 11.3. The molecule has 0 radical (unpaired) electrons. The second kappa shape index (κ2) is 7.28. The lowest BCUT2D eigenvalue weighted by molar-refractivity contribution is -0.143.